The van der Waals surface area contributed by atoms with E-state index in [4.69, 9.17) is 0 Å². The van der Waals surface area contributed by atoms with Crippen LogP contribution in [0.1, 0.15) is 42.7 Å². The Bertz CT molecular complexity index is 769. The summed E-state index contributed by atoms with van der Waals surface area (Å²) in [4.78, 5) is 0.348. The van der Waals surface area contributed by atoms with Crippen LogP contribution >= 0.6 is 0 Å². The molecule has 0 aliphatic heterocycles. The summed E-state index contributed by atoms with van der Waals surface area (Å²) in [7, 11) is -3.17. The van der Waals surface area contributed by atoms with Crippen LogP contribution in [-0.2, 0) is 9.84 Å². The van der Waals surface area contributed by atoms with Gasteiger partial charge in [0.15, 0.2) is 9.84 Å². The van der Waals surface area contributed by atoms with Crippen molar-refractivity contribution < 1.29 is 13.5 Å². The fraction of sp³-hybridized carbons (Fsp3) is 0.368. The summed E-state index contributed by atoms with van der Waals surface area (Å²) in [6, 6.07) is 14.7. The molecule has 2 rings (SSSR count). The average Bonchev–Trinajstić information content (AvgIpc) is 2.60. The van der Waals surface area contributed by atoms with Crippen LogP contribution in [0.2, 0.25) is 0 Å². The van der Waals surface area contributed by atoms with Gasteiger partial charge in [0.1, 0.15) is 0 Å². The molecule has 130 valence electrons. The third-order valence-electron chi connectivity index (χ3n) is 4.28. The third kappa shape index (κ3) is 4.44. The van der Waals surface area contributed by atoms with E-state index >= 15 is 0 Å². The van der Waals surface area contributed by atoms with E-state index in [1.54, 1.807) is 19.1 Å². The molecule has 0 heterocycles. The highest BCUT2D eigenvalue weighted by Crippen LogP contribution is 2.20. The number of rotatable bonds is 7. The van der Waals surface area contributed by atoms with Crippen molar-refractivity contribution in [2.24, 2.45) is 0 Å². The first-order valence-corrected chi connectivity index (χ1v) is 9.80. The van der Waals surface area contributed by atoms with Crippen molar-refractivity contribution in [3.05, 3.63) is 65.2 Å². The zero-order valence-corrected chi connectivity index (χ0v) is 15.2. The molecule has 2 unspecified atom stereocenters. The lowest BCUT2D eigenvalue weighted by molar-refractivity contribution is 0.170. The maximum atomic E-state index is 11.8. The molecule has 24 heavy (non-hydrogen) atoms. The minimum atomic E-state index is -3.17. The van der Waals surface area contributed by atoms with Crippen LogP contribution in [0, 0.1) is 6.92 Å². The molecule has 0 bridgehead atoms. The van der Waals surface area contributed by atoms with Crippen molar-refractivity contribution in [2.45, 2.75) is 37.8 Å². The molecule has 5 heteroatoms. The molecule has 0 radical (unpaired) electrons. The summed E-state index contributed by atoms with van der Waals surface area (Å²) < 4.78 is 23.7. The lowest BCUT2D eigenvalue weighted by Crippen LogP contribution is -2.25. The van der Waals surface area contributed by atoms with Crippen LogP contribution in [0.3, 0.4) is 0 Å². The fourth-order valence-electron chi connectivity index (χ4n) is 2.61. The highest BCUT2D eigenvalue weighted by molar-refractivity contribution is 7.91. The maximum absolute atomic E-state index is 11.8. The van der Waals surface area contributed by atoms with Gasteiger partial charge in [-0.25, -0.2) is 8.42 Å². The first-order valence-electron chi connectivity index (χ1n) is 8.15. The number of aryl methyl sites for hydroxylation is 1. The quantitative estimate of drug-likeness (QED) is 0.807. The Kier molecular flexibility index (Phi) is 6.15. The van der Waals surface area contributed by atoms with Crippen molar-refractivity contribution in [1.82, 2.24) is 5.32 Å². The van der Waals surface area contributed by atoms with Crippen LogP contribution in [0.25, 0.3) is 0 Å². The van der Waals surface area contributed by atoms with Gasteiger partial charge in [-0.15, -0.1) is 0 Å². The van der Waals surface area contributed by atoms with E-state index in [2.05, 4.69) is 5.32 Å². The molecule has 0 saturated heterocycles. The van der Waals surface area contributed by atoms with Crippen molar-refractivity contribution in [1.29, 1.82) is 0 Å². The van der Waals surface area contributed by atoms with Gasteiger partial charge >= 0.3 is 0 Å². The zero-order valence-electron chi connectivity index (χ0n) is 14.4. The Labute approximate surface area is 144 Å². The van der Waals surface area contributed by atoms with E-state index in [0.717, 1.165) is 16.7 Å². The number of aliphatic hydroxyl groups excluding tert-OH is 1. The van der Waals surface area contributed by atoms with E-state index in [9.17, 15) is 13.5 Å². The van der Waals surface area contributed by atoms with E-state index in [1.807, 2.05) is 50.2 Å². The largest absolute Gasteiger partial charge is 0.387 e. The van der Waals surface area contributed by atoms with E-state index < -0.39 is 15.9 Å². The van der Waals surface area contributed by atoms with Gasteiger partial charge in [0.05, 0.1) is 16.8 Å². The van der Waals surface area contributed by atoms with Crippen molar-refractivity contribution in [3.8, 4) is 0 Å². The van der Waals surface area contributed by atoms with Crippen molar-refractivity contribution >= 4 is 9.84 Å². The predicted octanol–water partition coefficient (Wildman–Crippen LogP) is 3.17. The summed E-state index contributed by atoms with van der Waals surface area (Å²) in [6.45, 7) is 6.05. The Morgan fingerprint density at radius 1 is 1.08 bits per heavy atom. The molecule has 2 atom stereocenters. The second-order valence-corrected chi connectivity index (χ2v) is 8.25. The highest BCUT2D eigenvalue weighted by atomic mass is 32.2. The smallest absolute Gasteiger partial charge is 0.178 e. The van der Waals surface area contributed by atoms with Gasteiger partial charge in [0.25, 0.3) is 0 Å². The number of nitrogens with one attached hydrogen (secondary N) is 1. The van der Waals surface area contributed by atoms with Crippen molar-refractivity contribution in [2.75, 3.05) is 12.3 Å². The average molecular weight is 347 g/mol. The summed E-state index contributed by atoms with van der Waals surface area (Å²) >= 11 is 0. The molecule has 2 aromatic rings. The van der Waals surface area contributed by atoms with Crippen LogP contribution in [-0.4, -0.2) is 25.8 Å². The minimum Gasteiger partial charge on any atom is -0.387 e. The lowest BCUT2D eigenvalue weighted by atomic mass is 10.0. The van der Waals surface area contributed by atoms with E-state index in [-0.39, 0.29) is 11.8 Å². The molecule has 0 fully saturated rings. The zero-order chi connectivity index (χ0) is 17.7. The minimum absolute atomic E-state index is 0.0158. The fourth-order valence-corrected chi connectivity index (χ4v) is 3.49. The number of hydrogen-bond donors (Lipinski definition) is 2. The first-order chi connectivity index (χ1) is 11.3. The normalized spacial score (nSPS) is 14.3. The number of sulfone groups is 1. The van der Waals surface area contributed by atoms with Gasteiger partial charge in [-0.3, -0.25) is 0 Å². The summed E-state index contributed by atoms with van der Waals surface area (Å²) in [5, 5.41) is 13.6. The summed E-state index contributed by atoms with van der Waals surface area (Å²) in [5.41, 5.74) is 2.97. The standard InChI is InChI=1S/C19H25NO3S/c1-4-24(22,23)17-11-9-16(10-12-17)15(3)20-13-19(21)18-8-6-5-7-14(18)2/h5-12,15,19-21H,4,13H2,1-3H3. The van der Waals surface area contributed by atoms with Crippen LogP contribution in [0.5, 0.6) is 0 Å². The Balaban J connectivity index is 2.00. The van der Waals surface area contributed by atoms with Crippen molar-refractivity contribution in [3.63, 3.8) is 0 Å². The second-order valence-electron chi connectivity index (χ2n) is 5.97. The molecular weight excluding hydrogens is 322 g/mol. The first kappa shape index (κ1) is 18.6. The molecule has 2 N–H and O–H groups in total. The van der Waals surface area contributed by atoms with Gasteiger partial charge in [0.2, 0.25) is 0 Å². The summed E-state index contributed by atoms with van der Waals surface area (Å²) in [6.07, 6.45) is -0.576. The SMILES string of the molecule is CCS(=O)(=O)c1ccc(C(C)NCC(O)c2ccccc2C)cc1. The molecule has 0 spiro atoms. The Morgan fingerprint density at radius 3 is 2.29 bits per heavy atom. The number of benzene rings is 2. The van der Waals surface area contributed by atoms with Gasteiger partial charge in [0, 0.05) is 12.6 Å². The Hall–Kier alpha value is -1.69. The van der Waals surface area contributed by atoms with Gasteiger partial charge in [-0.2, -0.15) is 0 Å². The molecular formula is C19H25NO3S. The molecule has 0 aliphatic carbocycles. The number of hydrogen-bond acceptors (Lipinski definition) is 4. The molecule has 0 amide bonds. The van der Waals surface area contributed by atoms with Gasteiger partial charge in [-0.05, 0) is 42.7 Å². The van der Waals surface area contributed by atoms with Gasteiger partial charge in [-0.1, -0.05) is 43.3 Å². The van der Waals surface area contributed by atoms with E-state index in [0.29, 0.717) is 11.4 Å². The predicted molar refractivity (Wildman–Crippen MR) is 96.7 cm³/mol. The lowest BCUT2D eigenvalue weighted by Gasteiger charge is -2.19. The number of aliphatic hydroxyl groups is 1. The maximum Gasteiger partial charge on any atom is 0.178 e. The topological polar surface area (TPSA) is 66.4 Å². The van der Waals surface area contributed by atoms with Gasteiger partial charge < -0.3 is 10.4 Å². The third-order valence-corrected chi connectivity index (χ3v) is 6.03. The Morgan fingerprint density at radius 2 is 1.71 bits per heavy atom. The van der Waals surface area contributed by atoms with Crippen LogP contribution < -0.4 is 5.32 Å². The second kappa shape index (κ2) is 7.92. The van der Waals surface area contributed by atoms with Crippen LogP contribution in [0.4, 0.5) is 0 Å². The highest BCUT2D eigenvalue weighted by Gasteiger charge is 2.14. The molecule has 4 nitrogen and oxygen atoms in total. The molecule has 0 aliphatic rings. The molecule has 2 aromatic carbocycles. The molecule has 0 aromatic heterocycles. The molecule has 0 saturated carbocycles. The van der Waals surface area contributed by atoms with E-state index in [1.165, 1.54) is 0 Å². The monoisotopic (exact) mass is 347 g/mol. The summed E-state index contributed by atoms with van der Waals surface area (Å²) in [5.74, 6) is 0.1000. The van der Waals surface area contributed by atoms with Crippen LogP contribution in [0.15, 0.2) is 53.4 Å².